The standard InChI is InChI=1S/C25H28N2O6/c1-4-10-32-25(30)26-21-13-23(33-16-18-8-6-5-7-9-18)22(31-3)12-20(21)24(29)27-14-17(2)11-19(27)15-28/h4-9,12-13,19,28H,1-2,10-11,14-16H2,3H3,(H,26,30). The molecule has 2 N–H and O–H groups in total. The first-order valence-electron chi connectivity index (χ1n) is 10.5. The van der Waals surface area contributed by atoms with E-state index >= 15 is 0 Å². The first-order chi connectivity index (χ1) is 16.0. The summed E-state index contributed by atoms with van der Waals surface area (Å²) in [5.74, 6) is 0.305. The number of rotatable bonds is 9. The molecule has 0 saturated carbocycles. The molecule has 0 aliphatic carbocycles. The van der Waals surface area contributed by atoms with Crippen molar-refractivity contribution < 1.29 is 28.9 Å². The fraction of sp³-hybridized carbons (Fsp3) is 0.280. The van der Waals surface area contributed by atoms with Crippen LogP contribution >= 0.6 is 0 Å². The van der Waals surface area contributed by atoms with Gasteiger partial charge in [0.25, 0.3) is 5.91 Å². The highest BCUT2D eigenvalue weighted by Crippen LogP contribution is 2.36. The van der Waals surface area contributed by atoms with Crippen LogP contribution in [0.4, 0.5) is 10.5 Å². The number of carbonyl (C=O) groups is 2. The third-order valence-electron chi connectivity index (χ3n) is 5.17. The molecule has 3 rings (SSSR count). The monoisotopic (exact) mass is 452 g/mol. The summed E-state index contributed by atoms with van der Waals surface area (Å²) in [6, 6.07) is 12.2. The van der Waals surface area contributed by atoms with Crippen molar-refractivity contribution in [2.45, 2.75) is 19.1 Å². The van der Waals surface area contributed by atoms with Crippen molar-refractivity contribution in [1.29, 1.82) is 0 Å². The van der Waals surface area contributed by atoms with Crippen LogP contribution in [0.5, 0.6) is 11.5 Å². The Morgan fingerprint density at radius 3 is 2.67 bits per heavy atom. The minimum absolute atomic E-state index is 0.0150. The maximum atomic E-state index is 13.4. The summed E-state index contributed by atoms with van der Waals surface area (Å²) in [6.45, 7) is 7.86. The van der Waals surface area contributed by atoms with Crippen molar-refractivity contribution in [3.63, 3.8) is 0 Å². The van der Waals surface area contributed by atoms with E-state index in [-0.39, 0.29) is 43.0 Å². The van der Waals surface area contributed by atoms with E-state index in [0.717, 1.165) is 11.1 Å². The highest BCUT2D eigenvalue weighted by Gasteiger charge is 2.33. The number of nitrogens with zero attached hydrogens (tertiary/aromatic N) is 1. The summed E-state index contributed by atoms with van der Waals surface area (Å²) in [4.78, 5) is 27.2. The third kappa shape index (κ3) is 5.93. The maximum absolute atomic E-state index is 13.4. The largest absolute Gasteiger partial charge is 0.493 e. The zero-order valence-electron chi connectivity index (χ0n) is 18.6. The van der Waals surface area contributed by atoms with Crippen molar-refractivity contribution in [2.75, 3.05) is 32.2 Å². The number of methoxy groups -OCH3 is 1. The molecule has 0 aromatic heterocycles. The number of benzene rings is 2. The molecule has 1 saturated heterocycles. The van der Waals surface area contributed by atoms with Gasteiger partial charge in [0.15, 0.2) is 11.5 Å². The number of nitrogens with one attached hydrogen (secondary N) is 1. The summed E-state index contributed by atoms with van der Waals surface area (Å²) in [5.41, 5.74) is 2.17. The van der Waals surface area contributed by atoms with Crippen LogP contribution in [0.2, 0.25) is 0 Å². The molecule has 1 aliphatic heterocycles. The average molecular weight is 453 g/mol. The van der Waals surface area contributed by atoms with Gasteiger partial charge in [0.05, 0.1) is 31.0 Å². The second kappa shape index (κ2) is 11.2. The first kappa shape index (κ1) is 23.9. The Hall–Kier alpha value is -3.78. The lowest BCUT2D eigenvalue weighted by atomic mass is 10.1. The molecule has 1 heterocycles. The van der Waals surface area contributed by atoms with E-state index in [1.807, 2.05) is 30.3 Å². The minimum atomic E-state index is -0.743. The zero-order chi connectivity index (χ0) is 23.8. The van der Waals surface area contributed by atoms with Gasteiger partial charge in [-0.25, -0.2) is 4.79 Å². The third-order valence-corrected chi connectivity index (χ3v) is 5.17. The van der Waals surface area contributed by atoms with Crippen LogP contribution in [0.3, 0.4) is 0 Å². The summed E-state index contributed by atoms with van der Waals surface area (Å²) >= 11 is 0. The molecule has 0 radical (unpaired) electrons. The summed E-state index contributed by atoms with van der Waals surface area (Å²) in [6.07, 6.45) is 1.21. The Morgan fingerprint density at radius 1 is 1.24 bits per heavy atom. The van der Waals surface area contributed by atoms with E-state index in [1.54, 1.807) is 0 Å². The highest BCUT2D eigenvalue weighted by molar-refractivity contribution is 6.04. The van der Waals surface area contributed by atoms with Crippen molar-refractivity contribution in [1.82, 2.24) is 4.90 Å². The Bertz CT molecular complexity index is 1020. The van der Waals surface area contributed by atoms with Crippen LogP contribution in [0.1, 0.15) is 22.3 Å². The predicted molar refractivity (Wildman–Crippen MR) is 125 cm³/mol. The zero-order valence-corrected chi connectivity index (χ0v) is 18.6. The smallest absolute Gasteiger partial charge is 0.411 e. The topological polar surface area (TPSA) is 97.3 Å². The molecule has 2 aromatic rings. The van der Waals surface area contributed by atoms with Gasteiger partial charge >= 0.3 is 6.09 Å². The van der Waals surface area contributed by atoms with Gasteiger partial charge in [-0.1, -0.05) is 55.1 Å². The molecule has 1 aliphatic rings. The summed E-state index contributed by atoms with van der Waals surface area (Å²) in [7, 11) is 1.47. The molecular weight excluding hydrogens is 424 g/mol. The number of amides is 2. The number of likely N-dealkylation sites (tertiary alicyclic amines) is 1. The Balaban J connectivity index is 1.95. The Labute approximate surface area is 193 Å². The van der Waals surface area contributed by atoms with Gasteiger partial charge in [0.2, 0.25) is 0 Å². The normalized spacial score (nSPS) is 15.2. The molecular formula is C25H28N2O6. The van der Waals surface area contributed by atoms with E-state index in [2.05, 4.69) is 18.5 Å². The molecule has 8 heteroatoms. The van der Waals surface area contributed by atoms with Crippen LogP contribution in [-0.2, 0) is 11.3 Å². The van der Waals surface area contributed by atoms with E-state index < -0.39 is 6.09 Å². The second-order valence-corrected chi connectivity index (χ2v) is 7.56. The molecule has 1 atom stereocenters. The minimum Gasteiger partial charge on any atom is -0.493 e. The van der Waals surface area contributed by atoms with E-state index in [4.69, 9.17) is 14.2 Å². The lowest BCUT2D eigenvalue weighted by molar-refractivity contribution is 0.0680. The molecule has 174 valence electrons. The molecule has 1 fully saturated rings. The Morgan fingerprint density at radius 2 is 2.00 bits per heavy atom. The number of hydrogen-bond acceptors (Lipinski definition) is 6. The van der Waals surface area contributed by atoms with Crippen LogP contribution in [0, 0.1) is 0 Å². The maximum Gasteiger partial charge on any atom is 0.411 e. The van der Waals surface area contributed by atoms with Crippen molar-refractivity contribution in [2.24, 2.45) is 0 Å². The van der Waals surface area contributed by atoms with Crippen LogP contribution < -0.4 is 14.8 Å². The SMILES string of the molecule is C=CCOC(=O)Nc1cc(OCc2ccccc2)c(OC)cc1C(=O)N1CC(=C)CC1CO. The first-order valence-corrected chi connectivity index (χ1v) is 10.5. The quantitative estimate of drug-likeness (QED) is 0.562. The van der Waals surface area contributed by atoms with Crippen LogP contribution in [-0.4, -0.2) is 54.9 Å². The van der Waals surface area contributed by atoms with Crippen molar-refractivity contribution in [3.05, 3.63) is 78.4 Å². The van der Waals surface area contributed by atoms with Crippen LogP contribution in [0.25, 0.3) is 0 Å². The highest BCUT2D eigenvalue weighted by atomic mass is 16.5. The van der Waals surface area contributed by atoms with Crippen LogP contribution in [0.15, 0.2) is 67.3 Å². The summed E-state index contributed by atoms with van der Waals surface area (Å²) < 4.78 is 16.4. The van der Waals surface area contributed by atoms with Gasteiger partial charge < -0.3 is 24.2 Å². The lowest BCUT2D eigenvalue weighted by Gasteiger charge is -2.24. The number of carbonyl (C=O) groups excluding carboxylic acids is 2. The van der Waals surface area contributed by atoms with E-state index in [0.29, 0.717) is 24.5 Å². The average Bonchev–Trinajstić information content (AvgIpc) is 3.22. The van der Waals surface area contributed by atoms with Crippen molar-refractivity contribution >= 4 is 17.7 Å². The fourth-order valence-electron chi connectivity index (χ4n) is 3.56. The number of hydrogen-bond donors (Lipinski definition) is 2. The molecule has 8 nitrogen and oxygen atoms in total. The number of ether oxygens (including phenoxy) is 3. The molecule has 33 heavy (non-hydrogen) atoms. The number of aliphatic hydroxyl groups excluding tert-OH is 1. The van der Waals surface area contributed by atoms with Gasteiger partial charge in [-0.05, 0) is 18.1 Å². The lowest BCUT2D eigenvalue weighted by Crippen LogP contribution is -2.38. The fourth-order valence-corrected chi connectivity index (χ4v) is 3.56. The van der Waals surface area contributed by atoms with E-state index in [1.165, 1.54) is 30.2 Å². The number of aliphatic hydroxyl groups is 1. The van der Waals surface area contributed by atoms with E-state index in [9.17, 15) is 14.7 Å². The van der Waals surface area contributed by atoms with Crippen molar-refractivity contribution in [3.8, 4) is 11.5 Å². The molecule has 1 unspecified atom stereocenters. The van der Waals surface area contributed by atoms with Gasteiger partial charge in [0, 0.05) is 12.6 Å². The van der Waals surface area contributed by atoms with Gasteiger partial charge in [-0.15, -0.1) is 0 Å². The summed E-state index contributed by atoms with van der Waals surface area (Å²) in [5, 5.41) is 12.3. The predicted octanol–water partition coefficient (Wildman–Crippen LogP) is 3.77. The van der Waals surface area contributed by atoms with Gasteiger partial charge in [0.1, 0.15) is 13.2 Å². The number of anilines is 1. The Kier molecular flexibility index (Phi) is 8.10. The molecule has 2 aromatic carbocycles. The molecule has 2 amide bonds. The molecule has 0 bridgehead atoms. The van der Waals surface area contributed by atoms with Gasteiger partial charge in [-0.2, -0.15) is 0 Å². The van der Waals surface area contributed by atoms with Gasteiger partial charge in [-0.3, -0.25) is 10.1 Å². The molecule has 0 spiro atoms. The second-order valence-electron chi connectivity index (χ2n) is 7.56.